The third-order valence-electron chi connectivity index (χ3n) is 3.44. The Kier molecular flexibility index (Phi) is 2.95. The normalized spacial score (nSPS) is 30.8. The number of rotatable bonds is 2. The molecule has 17 heavy (non-hydrogen) atoms. The quantitative estimate of drug-likeness (QED) is 0.677. The van der Waals surface area contributed by atoms with Crippen LogP contribution in [0.25, 0.3) is 0 Å². The second-order valence-corrected chi connectivity index (χ2v) is 5.19. The molecule has 0 bridgehead atoms. The van der Waals surface area contributed by atoms with Gasteiger partial charge in [-0.15, -0.1) is 0 Å². The van der Waals surface area contributed by atoms with E-state index in [1.54, 1.807) is 11.8 Å². The molecule has 1 amide bonds. The number of amides is 1. The zero-order chi connectivity index (χ0) is 12.6. The van der Waals surface area contributed by atoms with Crippen molar-refractivity contribution in [1.29, 1.82) is 0 Å². The van der Waals surface area contributed by atoms with Gasteiger partial charge in [0.15, 0.2) is 0 Å². The van der Waals surface area contributed by atoms with Crippen molar-refractivity contribution in [3.05, 3.63) is 12.2 Å². The Morgan fingerprint density at radius 3 is 2.24 bits per heavy atom. The van der Waals surface area contributed by atoms with Crippen LogP contribution in [-0.2, 0) is 9.59 Å². The molecule has 2 rings (SSSR count). The Hall–Kier alpha value is -1.36. The number of carbonyl (C=O) groups excluding carboxylic acids is 1. The molecule has 5 nitrogen and oxygen atoms in total. The number of nitrogens with zero attached hydrogens (tertiary/aromatic N) is 1. The van der Waals surface area contributed by atoms with Gasteiger partial charge in [-0.1, -0.05) is 12.2 Å². The Morgan fingerprint density at radius 1 is 1.24 bits per heavy atom. The number of carboxylic acid groups (broad SMARTS) is 1. The lowest BCUT2D eigenvalue weighted by Gasteiger charge is -2.46. The fraction of sp³-hybridized carbons (Fsp3) is 0.667. The molecule has 1 saturated heterocycles. The molecule has 1 aliphatic heterocycles. The standard InChI is InChI=1S/C12H17NO4/c1-12(17)6-13(7-12)10(14)8-4-2-3-5-9(8)11(15)16/h2-3,8-9,17H,4-7H2,1H3,(H,15,16). The van der Waals surface area contributed by atoms with E-state index >= 15 is 0 Å². The zero-order valence-corrected chi connectivity index (χ0v) is 9.80. The van der Waals surface area contributed by atoms with Crippen molar-refractivity contribution in [3.63, 3.8) is 0 Å². The summed E-state index contributed by atoms with van der Waals surface area (Å²) in [6.45, 7) is 2.28. The molecule has 1 fully saturated rings. The van der Waals surface area contributed by atoms with Gasteiger partial charge in [0.25, 0.3) is 0 Å². The summed E-state index contributed by atoms with van der Waals surface area (Å²) in [4.78, 5) is 24.7. The molecular formula is C12H17NO4. The first kappa shape index (κ1) is 12.1. The topological polar surface area (TPSA) is 77.8 Å². The number of carbonyl (C=O) groups is 2. The first-order valence-corrected chi connectivity index (χ1v) is 5.80. The summed E-state index contributed by atoms with van der Waals surface area (Å²) in [5.41, 5.74) is -0.807. The summed E-state index contributed by atoms with van der Waals surface area (Å²) in [5.74, 6) is -2.17. The Morgan fingerprint density at radius 2 is 1.76 bits per heavy atom. The first-order valence-electron chi connectivity index (χ1n) is 5.80. The Balaban J connectivity index is 2.03. The lowest BCUT2D eigenvalue weighted by atomic mass is 9.80. The van der Waals surface area contributed by atoms with E-state index in [1.165, 1.54) is 0 Å². The zero-order valence-electron chi connectivity index (χ0n) is 9.80. The maximum absolute atomic E-state index is 12.1. The van der Waals surface area contributed by atoms with E-state index in [-0.39, 0.29) is 5.91 Å². The van der Waals surface area contributed by atoms with E-state index in [4.69, 9.17) is 5.11 Å². The highest BCUT2D eigenvalue weighted by molar-refractivity contribution is 5.86. The van der Waals surface area contributed by atoms with E-state index < -0.39 is 23.4 Å². The molecule has 1 heterocycles. The Labute approximate surface area is 99.7 Å². The van der Waals surface area contributed by atoms with Crippen LogP contribution in [0.2, 0.25) is 0 Å². The van der Waals surface area contributed by atoms with Gasteiger partial charge >= 0.3 is 5.97 Å². The maximum Gasteiger partial charge on any atom is 0.307 e. The summed E-state index contributed by atoms with van der Waals surface area (Å²) in [7, 11) is 0. The molecule has 0 aromatic carbocycles. The van der Waals surface area contributed by atoms with Crippen molar-refractivity contribution < 1.29 is 19.8 Å². The molecule has 2 N–H and O–H groups in total. The van der Waals surface area contributed by atoms with Gasteiger partial charge in [-0.05, 0) is 19.8 Å². The molecule has 0 aromatic rings. The van der Waals surface area contributed by atoms with Crippen LogP contribution >= 0.6 is 0 Å². The van der Waals surface area contributed by atoms with Gasteiger partial charge < -0.3 is 15.1 Å². The minimum atomic E-state index is -0.917. The van der Waals surface area contributed by atoms with Crippen molar-refractivity contribution in [2.75, 3.05) is 13.1 Å². The number of aliphatic carboxylic acids is 1. The lowest BCUT2D eigenvalue weighted by molar-refractivity contribution is -0.162. The molecule has 94 valence electrons. The predicted molar refractivity (Wildman–Crippen MR) is 60.2 cm³/mol. The second-order valence-electron chi connectivity index (χ2n) is 5.19. The minimum absolute atomic E-state index is 0.145. The van der Waals surface area contributed by atoms with Crippen LogP contribution in [0.1, 0.15) is 19.8 Å². The summed E-state index contributed by atoms with van der Waals surface area (Å²) in [6, 6.07) is 0. The van der Waals surface area contributed by atoms with Crippen LogP contribution in [0.15, 0.2) is 12.2 Å². The maximum atomic E-state index is 12.1. The third-order valence-corrected chi connectivity index (χ3v) is 3.44. The second kappa shape index (κ2) is 4.14. The first-order chi connectivity index (χ1) is 7.91. The number of β-amino-alcohol motifs (C(OH)–C–C–N with tert-alkyl or cyclic N) is 1. The number of aliphatic hydroxyl groups is 1. The van der Waals surface area contributed by atoms with E-state index in [0.29, 0.717) is 25.9 Å². The summed E-state index contributed by atoms with van der Waals surface area (Å²) in [5, 5.41) is 18.7. The van der Waals surface area contributed by atoms with Crippen LogP contribution in [-0.4, -0.2) is 45.7 Å². The van der Waals surface area contributed by atoms with Crippen molar-refractivity contribution in [3.8, 4) is 0 Å². The monoisotopic (exact) mass is 239 g/mol. The predicted octanol–water partition coefficient (Wildman–Crippen LogP) is 0.247. The number of allylic oxidation sites excluding steroid dienone is 2. The highest BCUT2D eigenvalue weighted by atomic mass is 16.4. The average molecular weight is 239 g/mol. The van der Waals surface area contributed by atoms with Gasteiger partial charge in [-0.3, -0.25) is 9.59 Å². The fourth-order valence-electron chi connectivity index (χ4n) is 2.53. The molecule has 2 aliphatic rings. The number of hydrogen-bond donors (Lipinski definition) is 2. The van der Waals surface area contributed by atoms with Gasteiger partial charge in [-0.2, -0.15) is 0 Å². The van der Waals surface area contributed by atoms with E-state index in [2.05, 4.69) is 0 Å². The molecular weight excluding hydrogens is 222 g/mol. The van der Waals surface area contributed by atoms with Crippen LogP contribution in [0.4, 0.5) is 0 Å². The van der Waals surface area contributed by atoms with Gasteiger partial charge in [0.05, 0.1) is 30.5 Å². The molecule has 2 unspecified atom stereocenters. The Bertz CT molecular complexity index is 367. The van der Waals surface area contributed by atoms with E-state index in [1.807, 2.05) is 12.2 Å². The van der Waals surface area contributed by atoms with Crippen molar-refractivity contribution in [1.82, 2.24) is 4.90 Å². The van der Waals surface area contributed by atoms with E-state index in [9.17, 15) is 14.7 Å². The van der Waals surface area contributed by atoms with Gasteiger partial charge in [0.2, 0.25) is 5.91 Å². The largest absolute Gasteiger partial charge is 0.481 e. The smallest absolute Gasteiger partial charge is 0.307 e. The molecule has 0 saturated carbocycles. The van der Waals surface area contributed by atoms with Gasteiger partial charge in [0, 0.05) is 0 Å². The molecule has 0 radical (unpaired) electrons. The van der Waals surface area contributed by atoms with Crippen LogP contribution < -0.4 is 0 Å². The van der Waals surface area contributed by atoms with Crippen LogP contribution in [0, 0.1) is 11.8 Å². The van der Waals surface area contributed by atoms with Crippen molar-refractivity contribution >= 4 is 11.9 Å². The lowest BCUT2D eigenvalue weighted by Crippen LogP contribution is -2.63. The fourth-order valence-corrected chi connectivity index (χ4v) is 2.53. The summed E-state index contributed by atoms with van der Waals surface area (Å²) in [6.07, 6.45) is 4.57. The van der Waals surface area contributed by atoms with Crippen LogP contribution in [0.3, 0.4) is 0 Å². The summed E-state index contributed by atoms with van der Waals surface area (Å²) < 4.78 is 0. The number of carboxylic acids is 1. The van der Waals surface area contributed by atoms with Crippen molar-refractivity contribution in [2.24, 2.45) is 11.8 Å². The minimum Gasteiger partial charge on any atom is -0.481 e. The summed E-state index contributed by atoms with van der Waals surface area (Å²) >= 11 is 0. The molecule has 2 atom stereocenters. The number of hydrogen-bond acceptors (Lipinski definition) is 3. The van der Waals surface area contributed by atoms with E-state index in [0.717, 1.165) is 0 Å². The molecule has 5 heteroatoms. The van der Waals surface area contributed by atoms with Gasteiger partial charge in [-0.25, -0.2) is 0 Å². The molecule has 0 aromatic heterocycles. The van der Waals surface area contributed by atoms with Gasteiger partial charge in [0.1, 0.15) is 0 Å². The highest BCUT2D eigenvalue weighted by Gasteiger charge is 2.44. The van der Waals surface area contributed by atoms with Crippen molar-refractivity contribution in [2.45, 2.75) is 25.4 Å². The third kappa shape index (κ3) is 2.34. The van der Waals surface area contributed by atoms with Crippen LogP contribution in [0.5, 0.6) is 0 Å². The number of likely N-dealkylation sites (tertiary alicyclic amines) is 1. The highest BCUT2D eigenvalue weighted by Crippen LogP contribution is 2.31. The molecule has 1 aliphatic carbocycles. The SMILES string of the molecule is CC1(O)CN(C(=O)C2CC=CCC2C(=O)O)C1. The molecule has 0 spiro atoms. The average Bonchev–Trinajstić information content (AvgIpc) is 2.24.